The Labute approximate surface area is 129 Å². The van der Waals surface area contributed by atoms with E-state index in [4.69, 9.17) is 4.74 Å². The molecule has 0 aliphatic rings. The predicted octanol–water partition coefficient (Wildman–Crippen LogP) is 2.90. The second-order valence-corrected chi connectivity index (χ2v) is 5.28. The molecule has 0 saturated heterocycles. The second-order valence-electron chi connectivity index (χ2n) is 5.28. The number of rotatable bonds is 7. The monoisotopic (exact) mass is 291 g/mol. The van der Waals surface area contributed by atoms with Crippen LogP contribution in [0.25, 0.3) is 0 Å². The molecule has 4 nitrogen and oxygen atoms in total. The fourth-order valence-corrected chi connectivity index (χ4v) is 2.05. The van der Waals surface area contributed by atoms with Gasteiger partial charge in [-0.15, -0.1) is 0 Å². The Kier molecular flexibility index (Phi) is 7.65. The number of hydrogen-bond acceptors (Lipinski definition) is 2. The first-order valence-corrected chi connectivity index (χ1v) is 7.79. The molecule has 2 N–H and O–H groups in total. The van der Waals surface area contributed by atoms with Gasteiger partial charge < -0.3 is 15.4 Å². The summed E-state index contributed by atoms with van der Waals surface area (Å²) >= 11 is 0. The Morgan fingerprint density at radius 2 is 2.10 bits per heavy atom. The van der Waals surface area contributed by atoms with Crippen LogP contribution in [0, 0.1) is 6.92 Å². The third-order valence-corrected chi connectivity index (χ3v) is 3.43. The van der Waals surface area contributed by atoms with E-state index in [1.54, 1.807) is 7.11 Å². The summed E-state index contributed by atoms with van der Waals surface area (Å²) < 4.78 is 5.41. The lowest BCUT2D eigenvalue weighted by Crippen LogP contribution is -2.42. The minimum atomic E-state index is 0.427. The second kappa shape index (κ2) is 9.27. The van der Waals surface area contributed by atoms with E-state index in [1.807, 2.05) is 6.07 Å². The number of methoxy groups -OCH3 is 1. The number of aliphatic imine (C=N–C) groups is 1. The van der Waals surface area contributed by atoms with E-state index < -0.39 is 0 Å². The zero-order chi connectivity index (χ0) is 15.7. The average Bonchev–Trinajstić information content (AvgIpc) is 2.47. The number of benzene rings is 1. The van der Waals surface area contributed by atoms with Gasteiger partial charge in [-0.25, -0.2) is 0 Å². The van der Waals surface area contributed by atoms with Crippen LogP contribution in [-0.4, -0.2) is 32.2 Å². The predicted molar refractivity (Wildman–Crippen MR) is 90.3 cm³/mol. The van der Waals surface area contributed by atoms with Crippen LogP contribution in [-0.2, 0) is 6.42 Å². The van der Waals surface area contributed by atoms with Crippen LogP contribution in [0.1, 0.15) is 38.3 Å². The Morgan fingerprint density at radius 1 is 1.33 bits per heavy atom. The highest BCUT2D eigenvalue weighted by Gasteiger charge is 2.05. The van der Waals surface area contributed by atoms with Crippen molar-refractivity contribution < 1.29 is 4.74 Å². The van der Waals surface area contributed by atoms with Gasteiger partial charge in [0.15, 0.2) is 5.96 Å². The van der Waals surface area contributed by atoms with Crippen LogP contribution < -0.4 is 15.4 Å². The summed E-state index contributed by atoms with van der Waals surface area (Å²) in [6.07, 6.45) is 1.96. The van der Waals surface area contributed by atoms with E-state index >= 15 is 0 Å². The van der Waals surface area contributed by atoms with E-state index in [0.717, 1.165) is 37.6 Å². The average molecular weight is 291 g/mol. The van der Waals surface area contributed by atoms with Crippen molar-refractivity contribution in [2.24, 2.45) is 4.99 Å². The molecule has 0 bridgehead atoms. The van der Waals surface area contributed by atoms with Crippen molar-refractivity contribution in [1.82, 2.24) is 10.6 Å². The molecule has 1 aromatic rings. The van der Waals surface area contributed by atoms with Crippen LogP contribution in [0.3, 0.4) is 0 Å². The first-order chi connectivity index (χ1) is 10.1. The topological polar surface area (TPSA) is 45.7 Å². The smallest absolute Gasteiger partial charge is 0.191 e. The molecule has 1 aromatic carbocycles. The number of guanidine groups is 1. The maximum Gasteiger partial charge on any atom is 0.191 e. The molecule has 118 valence electrons. The minimum Gasteiger partial charge on any atom is -0.496 e. The highest BCUT2D eigenvalue weighted by atomic mass is 16.5. The quantitative estimate of drug-likeness (QED) is 0.600. The van der Waals surface area contributed by atoms with E-state index in [2.05, 4.69) is 55.5 Å². The lowest BCUT2D eigenvalue weighted by molar-refractivity contribution is 0.409. The van der Waals surface area contributed by atoms with Crippen LogP contribution in [0.5, 0.6) is 5.75 Å². The zero-order valence-corrected chi connectivity index (χ0v) is 14.0. The summed E-state index contributed by atoms with van der Waals surface area (Å²) in [5, 5.41) is 6.68. The molecule has 0 saturated carbocycles. The number of hydrogen-bond donors (Lipinski definition) is 2. The summed E-state index contributed by atoms with van der Waals surface area (Å²) in [7, 11) is 1.71. The largest absolute Gasteiger partial charge is 0.496 e. The molecule has 0 aliphatic carbocycles. The summed E-state index contributed by atoms with van der Waals surface area (Å²) in [5.74, 6) is 1.83. The van der Waals surface area contributed by atoms with Gasteiger partial charge in [-0.1, -0.05) is 24.6 Å². The molecule has 0 heterocycles. The maximum absolute atomic E-state index is 5.41. The Morgan fingerprint density at radius 3 is 2.71 bits per heavy atom. The first kappa shape index (κ1) is 17.3. The van der Waals surface area contributed by atoms with Crippen molar-refractivity contribution in [2.45, 2.75) is 46.6 Å². The Balaban J connectivity index is 2.67. The van der Waals surface area contributed by atoms with Gasteiger partial charge in [0.2, 0.25) is 0 Å². The first-order valence-electron chi connectivity index (χ1n) is 7.79. The fraction of sp³-hybridized carbons (Fsp3) is 0.588. The fourth-order valence-electron chi connectivity index (χ4n) is 2.05. The molecule has 1 unspecified atom stereocenters. The normalized spacial score (nSPS) is 12.9. The molecule has 21 heavy (non-hydrogen) atoms. The van der Waals surface area contributed by atoms with Gasteiger partial charge >= 0.3 is 0 Å². The van der Waals surface area contributed by atoms with Gasteiger partial charge in [0, 0.05) is 19.1 Å². The van der Waals surface area contributed by atoms with E-state index in [9.17, 15) is 0 Å². The lowest BCUT2D eigenvalue weighted by Gasteiger charge is -2.16. The third kappa shape index (κ3) is 6.06. The zero-order valence-electron chi connectivity index (χ0n) is 14.0. The molecule has 0 fully saturated rings. The van der Waals surface area contributed by atoms with Crippen molar-refractivity contribution in [1.29, 1.82) is 0 Å². The van der Waals surface area contributed by atoms with E-state index in [-0.39, 0.29) is 0 Å². The van der Waals surface area contributed by atoms with Crippen molar-refractivity contribution >= 4 is 5.96 Å². The Bertz CT molecular complexity index is 457. The molecule has 0 amide bonds. The van der Waals surface area contributed by atoms with Crippen molar-refractivity contribution in [3.8, 4) is 5.75 Å². The van der Waals surface area contributed by atoms with Crippen LogP contribution in [0.2, 0.25) is 0 Å². The highest BCUT2D eigenvalue weighted by molar-refractivity contribution is 5.80. The number of aryl methyl sites for hydroxylation is 1. The van der Waals surface area contributed by atoms with Gasteiger partial charge in [0.1, 0.15) is 5.75 Å². The van der Waals surface area contributed by atoms with Crippen molar-refractivity contribution in [3.63, 3.8) is 0 Å². The number of ether oxygens (including phenoxy) is 1. The van der Waals surface area contributed by atoms with Crippen molar-refractivity contribution in [3.05, 3.63) is 29.3 Å². The highest BCUT2D eigenvalue weighted by Crippen LogP contribution is 2.20. The molecule has 0 aromatic heterocycles. The Hall–Kier alpha value is -1.71. The summed E-state index contributed by atoms with van der Waals surface area (Å²) in [4.78, 5) is 4.64. The molecule has 0 spiro atoms. The maximum atomic E-state index is 5.41. The van der Waals surface area contributed by atoms with Crippen LogP contribution in [0.4, 0.5) is 0 Å². The summed E-state index contributed by atoms with van der Waals surface area (Å²) in [5.41, 5.74) is 2.46. The molecular formula is C17H29N3O. The lowest BCUT2D eigenvalue weighted by atomic mass is 10.1. The van der Waals surface area contributed by atoms with Gasteiger partial charge in [-0.2, -0.15) is 0 Å². The number of nitrogens with one attached hydrogen (secondary N) is 2. The summed E-state index contributed by atoms with van der Waals surface area (Å²) in [6.45, 7) is 10.1. The van der Waals surface area contributed by atoms with Gasteiger partial charge in [-0.3, -0.25) is 4.99 Å². The molecule has 1 rings (SSSR count). The molecule has 0 aliphatic heterocycles. The summed E-state index contributed by atoms with van der Waals surface area (Å²) in [6, 6.07) is 6.69. The molecule has 4 heteroatoms. The molecule has 0 radical (unpaired) electrons. The van der Waals surface area contributed by atoms with E-state index in [0.29, 0.717) is 6.04 Å². The van der Waals surface area contributed by atoms with Crippen molar-refractivity contribution in [2.75, 3.05) is 20.2 Å². The third-order valence-electron chi connectivity index (χ3n) is 3.43. The standard InChI is InChI=1S/C17H29N3O/c1-6-14(4)20-17(18-7-2)19-11-10-15-12-13(3)8-9-16(15)21-5/h8-9,12,14H,6-7,10-11H2,1-5H3,(H2,18,19,20). The molecular weight excluding hydrogens is 262 g/mol. The van der Waals surface area contributed by atoms with Crippen LogP contribution in [0.15, 0.2) is 23.2 Å². The SMILES string of the molecule is CCNC(=NCCc1cc(C)ccc1OC)NC(C)CC. The van der Waals surface area contributed by atoms with E-state index in [1.165, 1.54) is 11.1 Å². The van der Waals surface area contributed by atoms with Crippen LogP contribution >= 0.6 is 0 Å². The van der Waals surface area contributed by atoms with Gasteiger partial charge in [-0.05, 0) is 45.2 Å². The van der Waals surface area contributed by atoms with Gasteiger partial charge in [0.05, 0.1) is 7.11 Å². The molecule has 1 atom stereocenters. The minimum absolute atomic E-state index is 0.427. The van der Waals surface area contributed by atoms with Gasteiger partial charge in [0.25, 0.3) is 0 Å². The number of nitrogens with zero attached hydrogens (tertiary/aromatic N) is 1.